The second-order valence-corrected chi connectivity index (χ2v) is 4.42. The van der Waals surface area contributed by atoms with Crippen molar-refractivity contribution in [1.82, 2.24) is 5.32 Å². The van der Waals surface area contributed by atoms with Crippen LogP contribution in [0.5, 0.6) is 5.75 Å². The van der Waals surface area contributed by atoms with E-state index in [9.17, 15) is 4.79 Å². The molecule has 0 spiro atoms. The van der Waals surface area contributed by atoms with Gasteiger partial charge >= 0.3 is 0 Å². The van der Waals surface area contributed by atoms with Crippen LogP contribution in [0, 0.1) is 0 Å². The Labute approximate surface area is 112 Å². The summed E-state index contributed by atoms with van der Waals surface area (Å²) in [5.41, 5.74) is 0.530. The number of para-hydroxylation sites is 1. The molecule has 0 radical (unpaired) electrons. The van der Waals surface area contributed by atoms with Crippen LogP contribution in [0.15, 0.2) is 47.1 Å². The minimum absolute atomic E-state index is 0.0269. The summed E-state index contributed by atoms with van der Waals surface area (Å²) in [6.07, 6.45) is 1.61. The molecule has 1 amide bonds. The van der Waals surface area contributed by atoms with Crippen LogP contribution in [-0.4, -0.2) is 12.0 Å². The average Bonchev–Trinajstić information content (AvgIpc) is 2.89. The number of rotatable bonds is 5. The highest BCUT2D eigenvalue weighted by Crippen LogP contribution is 2.19. The highest BCUT2D eigenvalue weighted by atomic mass is 16.5. The van der Waals surface area contributed by atoms with E-state index in [1.165, 1.54) is 0 Å². The molecule has 0 aliphatic rings. The van der Waals surface area contributed by atoms with Gasteiger partial charge in [0.25, 0.3) is 5.91 Å². The summed E-state index contributed by atoms with van der Waals surface area (Å²) >= 11 is 0. The molecular weight excluding hydrogens is 242 g/mol. The molecule has 0 aliphatic carbocycles. The molecule has 2 rings (SSSR count). The van der Waals surface area contributed by atoms with Gasteiger partial charge in [-0.1, -0.05) is 12.1 Å². The minimum atomic E-state index is -0.173. The lowest BCUT2D eigenvalue weighted by molar-refractivity contribution is 0.0942. The lowest BCUT2D eigenvalue weighted by atomic mass is 10.2. The molecule has 19 heavy (non-hydrogen) atoms. The standard InChI is InChI=1S/C15H17NO3/c1-11(2)19-14-8-4-3-7-13(14)15(17)16-10-12-6-5-9-18-12/h3-9,11H,10H2,1-2H3,(H,16,17). The van der Waals surface area contributed by atoms with Crippen LogP contribution in [0.3, 0.4) is 0 Å². The van der Waals surface area contributed by atoms with Crippen molar-refractivity contribution in [2.24, 2.45) is 0 Å². The molecule has 0 atom stereocenters. The lowest BCUT2D eigenvalue weighted by Crippen LogP contribution is -2.23. The summed E-state index contributed by atoms with van der Waals surface area (Å²) in [7, 11) is 0. The van der Waals surface area contributed by atoms with Crippen molar-refractivity contribution in [2.75, 3.05) is 0 Å². The van der Waals surface area contributed by atoms with Gasteiger partial charge in [-0.05, 0) is 38.1 Å². The maximum absolute atomic E-state index is 12.1. The van der Waals surface area contributed by atoms with Crippen LogP contribution < -0.4 is 10.1 Å². The molecule has 1 aromatic heterocycles. The topological polar surface area (TPSA) is 51.5 Å². The highest BCUT2D eigenvalue weighted by Gasteiger charge is 2.12. The van der Waals surface area contributed by atoms with Gasteiger partial charge in [0, 0.05) is 0 Å². The van der Waals surface area contributed by atoms with Crippen molar-refractivity contribution in [3.8, 4) is 5.75 Å². The number of hydrogen-bond donors (Lipinski definition) is 1. The van der Waals surface area contributed by atoms with E-state index < -0.39 is 0 Å². The zero-order chi connectivity index (χ0) is 13.7. The van der Waals surface area contributed by atoms with Crippen molar-refractivity contribution in [2.45, 2.75) is 26.5 Å². The summed E-state index contributed by atoms with van der Waals surface area (Å²) in [5, 5.41) is 2.80. The molecule has 1 N–H and O–H groups in total. The maximum atomic E-state index is 12.1. The Morgan fingerprint density at radius 3 is 2.74 bits per heavy atom. The number of furan rings is 1. The highest BCUT2D eigenvalue weighted by molar-refractivity contribution is 5.96. The van der Waals surface area contributed by atoms with Crippen molar-refractivity contribution < 1.29 is 13.9 Å². The van der Waals surface area contributed by atoms with Crippen molar-refractivity contribution in [3.05, 3.63) is 54.0 Å². The third-order valence-corrected chi connectivity index (χ3v) is 2.50. The number of nitrogens with one attached hydrogen (secondary N) is 1. The third-order valence-electron chi connectivity index (χ3n) is 2.50. The Morgan fingerprint density at radius 2 is 2.05 bits per heavy atom. The van der Waals surface area contributed by atoms with Crippen LogP contribution in [0.4, 0.5) is 0 Å². The smallest absolute Gasteiger partial charge is 0.255 e. The first-order valence-electron chi connectivity index (χ1n) is 6.23. The van der Waals surface area contributed by atoms with E-state index in [4.69, 9.17) is 9.15 Å². The van der Waals surface area contributed by atoms with Crippen LogP contribution in [0.2, 0.25) is 0 Å². The molecule has 0 fully saturated rings. The van der Waals surface area contributed by atoms with E-state index in [0.29, 0.717) is 17.9 Å². The lowest BCUT2D eigenvalue weighted by Gasteiger charge is -2.13. The fourth-order valence-corrected chi connectivity index (χ4v) is 1.69. The predicted molar refractivity (Wildman–Crippen MR) is 72.1 cm³/mol. The molecule has 0 saturated carbocycles. The molecule has 1 heterocycles. The zero-order valence-electron chi connectivity index (χ0n) is 11.1. The first kappa shape index (κ1) is 13.2. The molecule has 4 nitrogen and oxygen atoms in total. The van der Waals surface area contributed by atoms with E-state index in [1.54, 1.807) is 24.5 Å². The SMILES string of the molecule is CC(C)Oc1ccccc1C(=O)NCc1ccco1. The van der Waals surface area contributed by atoms with Gasteiger partial charge in [-0.25, -0.2) is 0 Å². The Kier molecular flexibility index (Phi) is 4.23. The fraction of sp³-hybridized carbons (Fsp3) is 0.267. The quantitative estimate of drug-likeness (QED) is 0.898. The van der Waals surface area contributed by atoms with E-state index in [0.717, 1.165) is 5.76 Å². The Hall–Kier alpha value is -2.23. The fourth-order valence-electron chi connectivity index (χ4n) is 1.69. The van der Waals surface area contributed by atoms with Gasteiger partial charge in [-0.3, -0.25) is 4.79 Å². The number of amides is 1. The first-order valence-corrected chi connectivity index (χ1v) is 6.23. The Balaban J connectivity index is 2.06. The molecule has 0 saturated heterocycles. The largest absolute Gasteiger partial charge is 0.490 e. The van der Waals surface area contributed by atoms with E-state index in [2.05, 4.69) is 5.32 Å². The van der Waals surface area contributed by atoms with Crippen molar-refractivity contribution in [3.63, 3.8) is 0 Å². The zero-order valence-corrected chi connectivity index (χ0v) is 11.1. The molecule has 0 unspecified atom stereocenters. The summed E-state index contributed by atoms with van der Waals surface area (Å²) in [6, 6.07) is 10.8. The normalized spacial score (nSPS) is 10.5. The average molecular weight is 259 g/mol. The minimum Gasteiger partial charge on any atom is -0.490 e. The molecule has 0 aliphatic heterocycles. The van der Waals surface area contributed by atoms with Crippen LogP contribution in [0.25, 0.3) is 0 Å². The summed E-state index contributed by atoms with van der Waals surface area (Å²) < 4.78 is 10.8. The predicted octanol–water partition coefficient (Wildman–Crippen LogP) is 3.00. The second-order valence-electron chi connectivity index (χ2n) is 4.42. The van der Waals surface area contributed by atoms with E-state index >= 15 is 0 Å². The molecule has 1 aromatic carbocycles. The summed E-state index contributed by atoms with van der Waals surface area (Å²) in [6.45, 7) is 4.22. The molecule has 2 aromatic rings. The Morgan fingerprint density at radius 1 is 1.26 bits per heavy atom. The molecule has 4 heteroatoms. The van der Waals surface area contributed by atoms with E-state index in [-0.39, 0.29) is 12.0 Å². The first-order chi connectivity index (χ1) is 9.16. The van der Waals surface area contributed by atoms with Gasteiger partial charge in [-0.15, -0.1) is 0 Å². The Bertz CT molecular complexity index is 532. The van der Waals surface area contributed by atoms with E-state index in [1.807, 2.05) is 32.0 Å². The van der Waals surface area contributed by atoms with Gasteiger partial charge in [-0.2, -0.15) is 0 Å². The number of carbonyl (C=O) groups is 1. The van der Waals surface area contributed by atoms with Crippen LogP contribution in [0.1, 0.15) is 30.0 Å². The van der Waals surface area contributed by atoms with Gasteiger partial charge in [0.2, 0.25) is 0 Å². The monoisotopic (exact) mass is 259 g/mol. The van der Waals surface area contributed by atoms with Gasteiger partial charge in [0.15, 0.2) is 0 Å². The number of carbonyl (C=O) groups excluding carboxylic acids is 1. The van der Waals surface area contributed by atoms with Crippen molar-refractivity contribution in [1.29, 1.82) is 0 Å². The van der Waals surface area contributed by atoms with Gasteiger partial charge < -0.3 is 14.5 Å². The van der Waals surface area contributed by atoms with Gasteiger partial charge in [0.05, 0.1) is 24.5 Å². The maximum Gasteiger partial charge on any atom is 0.255 e. The summed E-state index contributed by atoms with van der Waals surface area (Å²) in [4.78, 5) is 12.1. The molecule has 0 bridgehead atoms. The second kappa shape index (κ2) is 6.09. The number of ether oxygens (including phenoxy) is 1. The third kappa shape index (κ3) is 3.61. The van der Waals surface area contributed by atoms with Gasteiger partial charge in [0.1, 0.15) is 11.5 Å². The van der Waals surface area contributed by atoms with Crippen LogP contribution >= 0.6 is 0 Å². The van der Waals surface area contributed by atoms with Crippen molar-refractivity contribution >= 4 is 5.91 Å². The number of hydrogen-bond acceptors (Lipinski definition) is 3. The van der Waals surface area contributed by atoms with Crippen LogP contribution in [-0.2, 0) is 6.54 Å². The molecular formula is C15H17NO3. The number of benzene rings is 1. The summed E-state index contributed by atoms with van der Waals surface area (Å²) in [5.74, 6) is 1.14. The molecule has 100 valence electrons.